The SMILES string of the molecule is Fc1ccc(Nc2nc(Nc3ccccc3)ncc2F)cc1. The second-order valence-corrected chi connectivity index (χ2v) is 4.51. The Morgan fingerprint density at radius 1 is 0.773 bits per heavy atom. The number of hydrogen-bond acceptors (Lipinski definition) is 4. The molecule has 2 aromatic carbocycles. The molecular formula is C16H12F2N4. The first-order valence-corrected chi connectivity index (χ1v) is 6.58. The number of rotatable bonds is 4. The minimum Gasteiger partial charge on any atom is -0.338 e. The molecule has 0 saturated heterocycles. The third kappa shape index (κ3) is 3.35. The van der Waals surface area contributed by atoms with Crippen molar-refractivity contribution in [3.8, 4) is 0 Å². The zero-order valence-corrected chi connectivity index (χ0v) is 11.4. The van der Waals surface area contributed by atoms with Gasteiger partial charge in [-0.15, -0.1) is 0 Å². The third-order valence-electron chi connectivity index (χ3n) is 2.88. The minimum absolute atomic E-state index is 0.0139. The predicted octanol–water partition coefficient (Wildman–Crippen LogP) is 4.24. The molecule has 22 heavy (non-hydrogen) atoms. The molecule has 3 aromatic rings. The maximum absolute atomic E-state index is 13.8. The van der Waals surface area contributed by atoms with Gasteiger partial charge in [-0.3, -0.25) is 0 Å². The van der Waals surface area contributed by atoms with Crippen molar-refractivity contribution in [1.82, 2.24) is 9.97 Å². The van der Waals surface area contributed by atoms with E-state index in [9.17, 15) is 8.78 Å². The number of aromatic nitrogens is 2. The summed E-state index contributed by atoms with van der Waals surface area (Å²) in [5.74, 6) is -0.680. The van der Waals surface area contributed by atoms with Gasteiger partial charge in [0, 0.05) is 11.4 Å². The lowest BCUT2D eigenvalue weighted by molar-refractivity contribution is 0.619. The summed E-state index contributed by atoms with van der Waals surface area (Å²) in [6.07, 6.45) is 1.07. The molecule has 0 fully saturated rings. The second-order valence-electron chi connectivity index (χ2n) is 4.51. The highest BCUT2D eigenvalue weighted by Crippen LogP contribution is 2.20. The molecule has 2 N–H and O–H groups in total. The van der Waals surface area contributed by atoms with Gasteiger partial charge >= 0.3 is 0 Å². The molecule has 0 aliphatic rings. The van der Waals surface area contributed by atoms with Crippen molar-refractivity contribution in [3.63, 3.8) is 0 Å². The highest BCUT2D eigenvalue weighted by atomic mass is 19.1. The summed E-state index contributed by atoms with van der Waals surface area (Å²) < 4.78 is 26.7. The van der Waals surface area contributed by atoms with Gasteiger partial charge < -0.3 is 10.6 Å². The summed E-state index contributed by atoms with van der Waals surface area (Å²) in [4.78, 5) is 7.98. The van der Waals surface area contributed by atoms with Crippen LogP contribution in [0.15, 0.2) is 60.8 Å². The molecule has 0 aliphatic carbocycles. The van der Waals surface area contributed by atoms with Crippen molar-refractivity contribution in [2.45, 2.75) is 0 Å². The summed E-state index contributed by atoms with van der Waals surface area (Å²) in [6.45, 7) is 0. The summed E-state index contributed by atoms with van der Waals surface area (Å²) in [5.41, 5.74) is 1.33. The van der Waals surface area contributed by atoms with Gasteiger partial charge in [-0.1, -0.05) is 18.2 Å². The van der Waals surface area contributed by atoms with Gasteiger partial charge in [0.15, 0.2) is 11.6 Å². The first-order chi connectivity index (χ1) is 10.7. The van der Waals surface area contributed by atoms with Crippen LogP contribution in [0.3, 0.4) is 0 Å². The van der Waals surface area contributed by atoms with Crippen LogP contribution in [-0.4, -0.2) is 9.97 Å². The molecule has 0 saturated carbocycles. The topological polar surface area (TPSA) is 49.8 Å². The highest BCUT2D eigenvalue weighted by Gasteiger charge is 2.07. The van der Waals surface area contributed by atoms with Gasteiger partial charge in [-0.05, 0) is 36.4 Å². The molecule has 0 aliphatic heterocycles. The van der Waals surface area contributed by atoms with E-state index in [4.69, 9.17) is 0 Å². The van der Waals surface area contributed by atoms with Crippen molar-refractivity contribution >= 4 is 23.1 Å². The third-order valence-corrected chi connectivity index (χ3v) is 2.88. The zero-order valence-electron chi connectivity index (χ0n) is 11.4. The van der Waals surface area contributed by atoms with Crippen LogP contribution in [-0.2, 0) is 0 Å². The standard InChI is InChI=1S/C16H12F2N4/c17-11-6-8-13(9-7-11)20-15-14(18)10-19-16(22-15)21-12-4-2-1-3-5-12/h1-10H,(H2,19,20,21,22). The van der Waals surface area contributed by atoms with Crippen molar-refractivity contribution in [2.75, 3.05) is 10.6 Å². The summed E-state index contributed by atoms with van der Waals surface area (Å²) in [5, 5.41) is 5.77. The van der Waals surface area contributed by atoms with Gasteiger partial charge in [-0.25, -0.2) is 13.8 Å². The number of benzene rings is 2. The van der Waals surface area contributed by atoms with Gasteiger partial charge in [-0.2, -0.15) is 4.98 Å². The van der Waals surface area contributed by atoms with Crippen LogP contribution in [0.5, 0.6) is 0 Å². The summed E-state index contributed by atoms with van der Waals surface area (Å²) in [6, 6.07) is 14.9. The number of para-hydroxylation sites is 1. The van der Waals surface area contributed by atoms with Gasteiger partial charge in [0.1, 0.15) is 5.82 Å². The maximum atomic E-state index is 13.8. The number of hydrogen-bond donors (Lipinski definition) is 2. The lowest BCUT2D eigenvalue weighted by atomic mass is 10.3. The fourth-order valence-electron chi connectivity index (χ4n) is 1.84. The van der Waals surface area contributed by atoms with Crippen LogP contribution in [0, 0.1) is 11.6 Å². The quantitative estimate of drug-likeness (QED) is 0.756. The second kappa shape index (κ2) is 6.17. The van der Waals surface area contributed by atoms with Crippen LogP contribution >= 0.6 is 0 Å². The van der Waals surface area contributed by atoms with E-state index in [1.807, 2.05) is 30.3 Å². The first kappa shape index (κ1) is 13.9. The average Bonchev–Trinajstić information content (AvgIpc) is 2.54. The summed E-state index contributed by atoms with van der Waals surface area (Å²) >= 11 is 0. The van der Waals surface area contributed by atoms with Gasteiger partial charge in [0.05, 0.1) is 6.20 Å². The normalized spacial score (nSPS) is 10.3. The van der Waals surface area contributed by atoms with Crippen LogP contribution in [0.1, 0.15) is 0 Å². The molecule has 6 heteroatoms. The Kier molecular flexibility index (Phi) is 3.91. The number of halogens is 2. The number of nitrogens with zero attached hydrogens (tertiary/aromatic N) is 2. The summed E-state index contributed by atoms with van der Waals surface area (Å²) in [7, 11) is 0. The molecule has 4 nitrogen and oxygen atoms in total. The average molecular weight is 298 g/mol. The fraction of sp³-hybridized carbons (Fsp3) is 0. The molecule has 0 amide bonds. The van der Waals surface area contributed by atoms with Crippen molar-refractivity contribution < 1.29 is 8.78 Å². The van der Waals surface area contributed by atoms with E-state index in [0.717, 1.165) is 11.9 Å². The van der Waals surface area contributed by atoms with E-state index < -0.39 is 5.82 Å². The molecule has 0 unspecified atom stereocenters. The van der Waals surface area contributed by atoms with Crippen LogP contribution in [0.2, 0.25) is 0 Å². The van der Waals surface area contributed by atoms with Crippen LogP contribution < -0.4 is 10.6 Å². The van der Waals surface area contributed by atoms with Crippen molar-refractivity contribution in [2.24, 2.45) is 0 Å². The van der Waals surface area contributed by atoms with Crippen LogP contribution in [0.25, 0.3) is 0 Å². The Hall–Kier alpha value is -3.02. The van der Waals surface area contributed by atoms with Crippen LogP contribution in [0.4, 0.5) is 31.9 Å². The molecule has 1 aromatic heterocycles. The Labute approximate surface area is 125 Å². The number of anilines is 4. The lowest BCUT2D eigenvalue weighted by Crippen LogP contribution is -2.03. The molecule has 0 atom stereocenters. The van der Waals surface area contributed by atoms with Crippen molar-refractivity contribution in [3.05, 3.63) is 72.4 Å². The Morgan fingerprint density at radius 2 is 1.45 bits per heavy atom. The number of nitrogens with one attached hydrogen (secondary N) is 2. The van der Waals surface area contributed by atoms with Crippen molar-refractivity contribution in [1.29, 1.82) is 0 Å². The molecule has 0 radical (unpaired) electrons. The molecule has 0 spiro atoms. The molecule has 3 rings (SSSR count). The van der Waals surface area contributed by atoms with E-state index in [1.54, 1.807) is 0 Å². The monoisotopic (exact) mass is 298 g/mol. The molecule has 110 valence electrons. The van der Waals surface area contributed by atoms with E-state index in [2.05, 4.69) is 20.6 Å². The van der Waals surface area contributed by atoms with E-state index in [1.165, 1.54) is 24.3 Å². The Bertz CT molecular complexity index is 761. The van der Waals surface area contributed by atoms with E-state index in [-0.39, 0.29) is 17.6 Å². The minimum atomic E-state index is -0.595. The Balaban J connectivity index is 1.82. The molecule has 0 bridgehead atoms. The predicted molar refractivity (Wildman–Crippen MR) is 81.4 cm³/mol. The van der Waals surface area contributed by atoms with E-state index >= 15 is 0 Å². The smallest absolute Gasteiger partial charge is 0.229 e. The molecular weight excluding hydrogens is 286 g/mol. The van der Waals surface area contributed by atoms with Gasteiger partial charge in [0.2, 0.25) is 5.95 Å². The first-order valence-electron chi connectivity index (χ1n) is 6.58. The van der Waals surface area contributed by atoms with Gasteiger partial charge in [0.25, 0.3) is 0 Å². The Morgan fingerprint density at radius 3 is 2.18 bits per heavy atom. The maximum Gasteiger partial charge on any atom is 0.229 e. The highest BCUT2D eigenvalue weighted by molar-refractivity contribution is 5.59. The fourth-order valence-corrected chi connectivity index (χ4v) is 1.84. The largest absolute Gasteiger partial charge is 0.338 e. The molecule has 1 heterocycles. The van der Waals surface area contributed by atoms with E-state index in [0.29, 0.717) is 5.69 Å². The lowest BCUT2D eigenvalue weighted by Gasteiger charge is -2.09. The zero-order chi connectivity index (χ0) is 15.4.